The summed E-state index contributed by atoms with van der Waals surface area (Å²) in [5.74, 6) is -1.20. The maximum atomic E-state index is 11.0. The number of phenols is 1. The van der Waals surface area contributed by atoms with Crippen LogP contribution in [-0.2, 0) is 4.79 Å². The van der Waals surface area contributed by atoms with Gasteiger partial charge in [-0.1, -0.05) is 11.6 Å². The Bertz CT molecular complexity index is 416. The van der Waals surface area contributed by atoms with Crippen molar-refractivity contribution in [2.24, 2.45) is 0 Å². The second-order valence-electron chi connectivity index (χ2n) is 3.37. The number of hydrogen-bond donors (Lipinski definition) is 2. The third-order valence-corrected chi connectivity index (χ3v) is 2.72. The minimum absolute atomic E-state index is 0.0959. The third-order valence-electron chi connectivity index (χ3n) is 2.42. The van der Waals surface area contributed by atoms with Gasteiger partial charge in [-0.15, -0.1) is 0 Å². The molecule has 0 saturated heterocycles. The van der Waals surface area contributed by atoms with Gasteiger partial charge < -0.3 is 14.9 Å². The van der Waals surface area contributed by atoms with Crippen LogP contribution >= 0.6 is 11.6 Å². The van der Waals surface area contributed by atoms with Gasteiger partial charge in [0.1, 0.15) is 11.5 Å². The van der Waals surface area contributed by atoms with Crippen molar-refractivity contribution in [2.75, 3.05) is 6.61 Å². The number of rotatable bonds is 1. The van der Waals surface area contributed by atoms with Gasteiger partial charge in [0, 0.05) is 11.6 Å². The second-order valence-corrected chi connectivity index (χ2v) is 3.78. The first-order chi connectivity index (χ1) is 7.09. The summed E-state index contributed by atoms with van der Waals surface area (Å²) >= 11 is 5.72. The van der Waals surface area contributed by atoms with E-state index in [1.165, 1.54) is 12.1 Å². The number of carbonyl (C=O) groups is 1. The lowest BCUT2D eigenvalue weighted by molar-refractivity contribution is -0.139. The molecule has 0 amide bonds. The molecule has 80 valence electrons. The Morgan fingerprint density at radius 2 is 2.27 bits per heavy atom. The van der Waals surface area contributed by atoms with E-state index in [1.54, 1.807) is 0 Å². The van der Waals surface area contributed by atoms with Gasteiger partial charge in [-0.2, -0.15) is 0 Å². The van der Waals surface area contributed by atoms with Crippen molar-refractivity contribution in [3.05, 3.63) is 22.7 Å². The molecule has 5 heteroatoms. The fourth-order valence-electron chi connectivity index (χ4n) is 1.65. The SMILES string of the molecule is O=C(O)[C@@H]1CCOc2cc(O)c(Cl)cc21. The molecule has 1 atom stereocenters. The lowest BCUT2D eigenvalue weighted by Crippen LogP contribution is -2.20. The Kier molecular flexibility index (Phi) is 2.44. The maximum Gasteiger partial charge on any atom is 0.311 e. The standard InChI is InChI=1S/C10H9ClO4/c11-7-3-6-5(10(13)14)1-2-15-9(6)4-8(7)12/h3-5,12H,1-2H2,(H,13,14)/t5-/m1/s1. The van der Waals surface area contributed by atoms with E-state index < -0.39 is 11.9 Å². The highest BCUT2D eigenvalue weighted by Crippen LogP contribution is 2.39. The number of aromatic hydroxyl groups is 1. The Morgan fingerprint density at radius 3 is 2.93 bits per heavy atom. The van der Waals surface area contributed by atoms with Crippen LogP contribution in [0.4, 0.5) is 0 Å². The molecule has 0 fully saturated rings. The number of hydrogen-bond acceptors (Lipinski definition) is 3. The average molecular weight is 229 g/mol. The number of fused-ring (bicyclic) bond motifs is 1. The van der Waals surface area contributed by atoms with E-state index in [0.29, 0.717) is 24.3 Å². The number of carboxylic acid groups (broad SMARTS) is 1. The Labute approximate surface area is 91.1 Å². The second kappa shape index (κ2) is 3.62. The number of halogens is 1. The number of aliphatic carboxylic acids is 1. The summed E-state index contributed by atoms with van der Waals surface area (Å²) in [4.78, 5) is 11.0. The van der Waals surface area contributed by atoms with Gasteiger partial charge >= 0.3 is 5.97 Å². The first-order valence-electron chi connectivity index (χ1n) is 4.47. The van der Waals surface area contributed by atoms with Gasteiger partial charge in [-0.05, 0) is 12.5 Å². The van der Waals surface area contributed by atoms with Gasteiger partial charge in [0.2, 0.25) is 0 Å². The topological polar surface area (TPSA) is 66.8 Å². The molecule has 0 spiro atoms. The highest BCUT2D eigenvalue weighted by molar-refractivity contribution is 6.32. The molecule has 15 heavy (non-hydrogen) atoms. The Morgan fingerprint density at radius 1 is 1.53 bits per heavy atom. The van der Waals surface area contributed by atoms with Crippen LogP contribution in [0.3, 0.4) is 0 Å². The van der Waals surface area contributed by atoms with Crippen LogP contribution < -0.4 is 4.74 Å². The zero-order chi connectivity index (χ0) is 11.0. The van der Waals surface area contributed by atoms with Crippen molar-refractivity contribution in [3.63, 3.8) is 0 Å². The molecule has 2 N–H and O–H groups in total. The summed E-state index contributed by atoms with van der Waals surface area (Å²) in [5.41, 5.74) is 0.525. The summed E-state index contributed by atoms with van der Waals surface area (Å²) in [7, 11) is 0. The van der Waals surface area contributed by atoms with E-state index in [1.807, 2.05) is 0 Å². The molecule has 0 bridgehead atoms. The minimum atomic E-state index is -0.902. The molecular formula is C10H9ClO4. The van der Waals surface area contributed by atoms with Gasteiger partial charge in [0.15, 0.2) is 0 Å². The normalized spacial score (nSPS) is 19.1. The molecular weight excluding hydrogens is 220 g/mol. The maximum absolute atomic E-state index is 11.0. The van der Waals surface area contributed by atoms with Crippen LogP contribution in [0.2, 0.25) is 5.02 Å². The monoisotopic (exact) mass is 228 g/mol. The van der Waals surface area contributed by atoms with Crippen LogP contribution in [0.5, 0.6) is 11.5 Å². The summed E-state index contributed by atoms with van der Waals surface area (Å²) in [6, 6.07) is 2.80. The van der Waals surface area contributed by atoms with Crippen LogP contribution in [0.1, 0.15) is 17.9 Å². The zero-order valence-electron chi connectivity index (χ0n) is 7.74. The first kappa shape index (κ1) is 10.1. The highest BCUT2D eigenvalue weighted by Gasteiger charge is 2.28. The van der Waals surface area contributed by atoms with Crippen LogP contribution in [0, 0.1) is 0 Å². The third kappa shape index (κ3) is 1.72. The Balaban J connectivity index is 2.51. The van der Waals surface area contributed by atoms with E-state index >= 15 is 0 Å². The molecule has 1 heterocycles. The van der Waals surface area contributed by atoms with Crippen LogP contribution in [0.25, 0.3) is 0 Å². The molecule has 1 aliphatic heterocycles. The molecule has 1 aliphatic rings. The lowest BCUT2D eigenvalue weighted by atomic mass is 9.93. The lowest BCUT2D eigenvalue weighted by Gasteiger charge is -2.23. The van der Waals surface area contributed by atoms with E-state index in [0.717, 1.165) is 0 Å². The molecule has 0 unspecified atom stereocenters. The predicted octanol–water partition coefficient (Wildman–Crippen LogP) is 2.00. The first-order valence-corrected chi connectivity index (χ1v) is 4.85. The summed E-state index contributed by atoms with van der Waals surface area (Å²) in [6.07, 6.45) is 0.420. The minimum Gasteiger partial charge on any atom is -0.506 e. The fourth-order valence-corrected chi connectivity index (χ4v) is 1.83. The summed E-state index contributed by atoms with van der Waals surface area (Å²) in [6.45, 7) is 0.338. The molecule has 1 aromatic rings. The molecule has 0 aliphatic carbocycles. The fraction of sp³-hybridized carbons (Fsp3) is 0.300. The largest absolute Gasteiger partial charge is 0.506 e. The number of benzene rings is 1. The van der Waals surface area contributed by atoms with Crippen LogP contribution in [0.15, 0.2) is 12.1 Å². The van der Waals surface area contributed by atoms with Crippen molar-refractivity contribution in [1.82, 2.24) is 0 Å². The summed E-state index contributed by atoms with van der Waals surface area (Å²) in [5, 5.41) is 18.5. The van der Waals surface area contributed by atoms with Crippen molar-refractivity contribution < 1.29 is 19.7 Å². The van der Waals surface area contributed by atoms with Crippen molar-refractivity contribution in [2.45, 2.75) is 12.3 Å². The predicted molar refractivity (Wildman–Crippen MR) is 53.6 cm³/mol. The quantitative estimate of drug-likeness (QED) is 0.772. The van der Waals surface area contributed by atoms with Gasteiger partial charge in [0.25, 0.3) is 0 Å². The van der Waals surface area contributed by atoms with E-state index in [4.69, 9.17) is 21.4 Å². The molecule has 2 rings (SSSR count). The van der Waals surface area contributed by atoms with E-state index in [2.05, 4.69) is 0 Å². The van der Waals surface area contributed by atoms with Gasteiger partial charge in [-0.25, -0.2) is 0 Å². The summed E-state index contributed by atoms with van der Waals surface area (Å²) < 4.78 is 5.26. The Hall–Kier alpha value is -1.42. The number of carboxylic acids is 1. The number of phenolic OH excluding ortho intramolecular Hbond substituents is 1. The average Bonchev–Trinajstić information content (AvgIpc) is 2.18. The molecule has 0 radical (unpaired) electrons. The molecule has 0 saturated carbocycles. The molecule has 1 aromatic carbocycles. The van der Waals surface area contributed by atoms with Crippen molar-refractivity contribution >= 4 is 17.6 Å². The number of ether oxygens (including phenoxy) is 1. The zero-order valence-corrected chi connectivity index (χ0v) is 8.49. The van der Waals surface area contributed by atoms with Crippen molar-refractivity contribution in [3.8, 4) is 11.5 Å². The van der Waals surface area contributed by atoms with Gasteiger partial charge in [-0.3, -0.25) is 4.79 Å². The van der Waals surface area contributed by atoms with E-state index in [-0.39, 0.29) is 10.8 Å². The molecule has 4 nitrogen and oxygen atoms in total. The smallest absolute Gasteiger partial charge is 0.311 e. The van der Waals surface area contributed by atoms with Crippen LogP contribution in [-0.4, -0.2) is 22.8 Å². The van der Waals surface area contributed by atoms with Crippen molar-refractivity contribution in [1.29, 1.82) is 0 Å². The molecule has 0 aromatic heterocycles. The van der Waals surface area contributed by atoms with Gasteiger partial charge in [0.05, 0.1) is 17.5 Å². The van der Waals surface area contributed by atoms with E-state index in [9.17, 15) is 9.90 Å². The highest BCUT2D eigenvalue weighted by atomic mass is 35.5.